The molecule has 0 atom stereocenters. The van der Waals surface area contributed by atoms with Crippen LogP contribution in [-0.4, -0.2) is 29.2 Å². The number of carboxylic acids is 1. The van der Waals surface area contributed by atoms with Gasteiger partial charge >= 0.3 is 5.97 Å². The third kappa shape index (κ3) is 5.53. The van der Waals surface area contributed by atoms with Crippen molar-refractivity contribution >= 4 is 5.97 Å². The topological polar surface area (TPSA) is 66.6 Å². The Morgan fingerprint density at radius 3 is 2.60 bits per heavy atom. The van der Waals surface area contributed by atoms with Gasteiger partial charge in [-0.15, -0.1) is 0 Å². The molecule has 0 aromatic heterocycles. The minimum atomic E-state index is -0.799. The van der Waals surface area contributed by atoms with Gasteiger partial charge in [-0.05, 0) is 6.42 Å². The van der Waals surface area contributed by atoms with Crippen LogP contribution in [0, 0.1) is 0 Å². The number of hydrazine groups is 1. The molecule has 0 aliphatic carbocycles. The number of hydrogen-bond acceptors (Lipinski definition) is 3. The van der Waals surface area contributed by atoms with Crippen LogP contribution < -0.4 is 5.84 Å². The Morgan fingerprint density at radius 1 is 1.60 bits per heavy atom. The Bertz CT molecular complexity index is 106. The van der Waals surface area contributed by atoms with Crippen molar-refractivity contribution in [1.82, 2.24) is 5.01 Å². The van der Waals surface area contributed by atoms with E-state index in [2.05, 4.69) is 0 Å². The van der Waals surface area contributed by atoms with Crippen LogP contribution in [0.15, 0.2) is 0 Å². The van der Waals surface area contributed by atoms with Crippen LogP contribution in [0.25, 0.3) is 0 Å². The van der Waals surface area contributed by atoms with Crippen molar-refractivity contribution in [2.75, 3.05) is 13.1 Å². The van der Waals surface area contributed by atoms with Gasteiger partial charge in [-0.3, -0.25) is 10.6 Å². The Morgan fingerprint density at radius 2 is 2.20 bits per heavy atom. The molecule has 3 N–H and O–H groups in total. The zero-order chi connectivity index (χ0) is 7.98. The van der Waals surface area contributed by atoms with Crippen LogP contribution in [0.4, 0.5) is 0 Å². The minimum Gasteiger partial charge on any atom is -0.481 e. The number of carboxylic acid groups (broad SMARTS) is 1. The van der Waals surface area contributed by atoms with Crippen LogP contribution >= 0.6 is 0 Å². The number of rotatable bonds is 5. The van der Waals surface area contributed by atoms with E-state index in [0.29, 0.717) is 6.54 Å². The summed E-state index contributed by atoms with van der Waals surface area (Å²) in [6, 6.07) is 0. The average Bonchev–Trinajstić information content (AvgIpc) is 1.85. The minimum absolute atomic E-state index is 0.122. The van der Waals surface area contributed by atoms with Gasteiger partial charge in [-0.1, -0.05) is 6.92 Å². The summed E-state index contributed by atoms with van der Waals surface area (Å²) in [6.07, 6.45) is 1.08. The molecule has 10 heavy (non-hydrogen) atoms. The normalized spacial score (nSPS) is 10.3. The monoisotopic (exact) mass is 146 g/mol. The lowest BCUT2D eigenvalue weighted by Crippen LogP contribution is -2.33. The Balaban J connectivity index is 3.21. The number of nitrogens with zero attached hydrogens (tertiary/aromatic N) is 1. The molecule has 0 aromatic carbocycles. The molecule has 0 unspecified atom stereocenters. The van der Waals surface area contributed by atoms with E-state index in [9.17, 15) is 4.79 Å². The quantitative estimate of drug-likeness (QED) is 0.424. The SMILES string of the molecule is CCCN(N)CCC(=O)O. The predicted octanol–water partition coefficient (Wildman–Crippen LogP) is 0.0468. The highest BCUT2D eigenvalue weighted by molar-refractivity contribution is 5.66. The van der Waals surface area contributed by atoms with Crippen molar-refractivity contribution in [3.05, 3.63) is 0 Å². The summed E-state index contributed by atoms with van der Waals surface area (Å²) in [6.45, 7) is 3.19. The molecule has 4 heteroatoms. The summed E-state index contributed by atoms with van der Waals surface area (Å²) < 4.78 is 0. The summed E-state index contributed by atoms with van der Waals surface area (Å²) in [7, 11) is 0. The largest absolute Gasteiger partial charge is 0.481 e. The van der Waals surface area contributed by atoms with Gasteiger partial charge < -0.3 is 5.11 Å². The number of carbonyl (C=O) groups is 1. The van der Waals surface area contributed by atoms with Crippen LogP contribution in [0.3, 0.4) is 0 Å². The van der Waals surface area contributed by atoms with Crippen molar-refractivity contribution in [1.29, 1.82) is 0 Å². The van der Waals surface area contributed by atoms with Crippen molar-refractivity contribution in [2.24, 2.45) is 5.84 Å². The highest BCUT2D eigenvalue weighted by Gasteiger charge is 2.00. The summed E-state index contributed by atoms with van der Waals surface area (Å²) in [4.78, 5) is 10.0. The summed E-state index contributed by atoms with van der Waals surface area (Å²) in [5.74, 6) is 4.60. The number of hydrogen-bond donors (Lipinski definition) is 2. The van der Waals surface area contributed by atoms with E-state index in [1.54, 1.807) is 0 Å². The van der Waals surface area contributed by atoms with Gasteiger partial charge in [-0.2, -0.15) is 0 Å². The maximum absolute atomic E-state index is 10.0. The molecule has 0 spiro atoms. The summed E-state index contributed by atoms with van der Waals surface area (Å²) >= 11 is 0. The van der Waals surface area contributed by atoms with E-state index in [-0.39, 0.29) is 6.42 Å². The van der Waals surface area contributed by atoms with Gasteiger partial charge in [0.25, 0.3) is 0 Å². The van der Waals surface area contributed by atoms with Crippen molar-refractivity contribution in [3.63, 3.8) is 0 Å². The molecule has 0 saturated heterocycles. The van der Waals surface area contributed by atoms with Crippen LogP contribution in [-0.2, 0) is 4.79 Å². The van der Waals surface area contributed by atoms with Gasteiger partial charge in [0.05, 0.1) is 6.42 Å². The highest BCUT2D eigenvalue weighted by atomic mass is 16.4. The van der Waals surface area contributed by atoms with E-state index in [1.165, 1.54) is 5.01 Å². The molecule has 0 saturated carbocycles. The Kier molecular flexibility index (Phi) is 4.88. The van der Waals surface area contributed by atoms with Crippen molar-refractivity contribution < 1.29 is 9.90 Å². The third-order valence-corrected chi connectivity index (χ3v) is 1.12. The lowest BCUT2D eigenvalue weighted by atomic mass is 10.4. The first kappa shape index (κ1) is 9.39. The molecule has 0 aliphatic heterocycles. The molecule has 60 valence electrons. The summed E-state index contributed by atoms with van der Waals surface area (Å²) in [5, 5.41) is 9.77. The highest BCUT2D eigenvalue weighted by Crippen LogP contribution is 1.85. The van der Waals surface area contributed by atoms with Crippen molar-refractivity contribution in [2.45, 2.75) is 19.8 Å². The van der Waals surface area contributed by atoms with Gasteiger partial charge in [0.15, 0.2) is 0 Å². The summed E-state index contributed by atoms with van der Waals surface area (Å²) in [5.41, 5.74) is 0. The zero-order valence-electron chi connectivity index (χ0n) is 6.21. The smallest absolute Gasteiger partial charge is 0.304 e. The molecule has 0 rings (SSSR count). The first-order valence-electron chi connectivity index (χ1n) is 3.38. The maximum atomic E-state index is 10.0. The second-order valence-corrected chi connectivity index (χ2v) is 2.18. The molecule has 0 aromatic rings. The molecule has 0 fully saturated rings. The lowest BCUT2D eigenvalue weighted by Gasteiger charge is -2.12. The molecular formula is C6H14N2O2. The fraction of sp³-hybridized carbons (Fsp3) is 0.833. The Labute approximate surface area is 60.6 Å². The average molecular weight is 146 g/mol. The molecule has 0 aliphatic rings. The standard InChI is InChI=1S/C6H14N2O2/c1-2-4-8(7)5-3-6(9)10/h2-5,7H2,1H3,(H,9,10). The van der Waals surface area contributed by atoms with Crippen molar-refractivity contribution in [3.8, 4) is 0 Å². The van der Waals surface area contributed by atoms with Gasteiger partial charge in [0.2, 0.25) is 0 Å². The van der Waals surface area contributed by atoms with Gasteiger partial charge in [0.1, 0.15) is 0 Å². The molecule has 0 bridgehead atoms. The molecule has 0 amide bonds. The fourth-order valence-electron chi connectivity index (χ4n) is 0.638. The van der Waals surface area contributed by atoms with E-state index in [0.717, 1.165) is 13.0 Å². The van der Waals surface area contributed by atoms with E-state index in [1.807, 2.05) is 6.92 Å². The van der Waals surface area contributed by atoms with E-state index < -0.39 is 5.97 Å². The van der Waals surface area contributed by atoms with Gasteiger partial charge in [-0.25, -0.2) is 5.01 Å². The second-order valence-electron chi connectivity index (χ2n) is 2.18. The number of nitrogens with two attached hydrogens (primary N) is 1. The van der Waals surface area contributed by atoms with Crippen LogP contribution in [0.2, 0.25) is 0 Å². The van der Waals surface area contributed by atoms with Crippen LogP contribution in [0.1, 0.15) is 19.8 Å². The lowest BCUT2D eigenvalue weighted by molar-refractivity contribution is -0.137. The van der Waals surface area contributed by atoms with Crippen LogP contribution in [0.5, 0.6) is 0 Å². The fourth-order valence-corrected chi connectivity index (χ4v) is 0.638. The number of aliphatic carboxylic acids is 1. The Hall–Kier alpha value is -0.610. The molecule has 0 heterocycles. The first-order chi connectivity index (χ1) is 4.66. The second kappa shape index (κ2) is 5.20. The van der Waals surface area contributed by atoms with Gasteiger partial charge in [0, 0.05) is 13.1 Å². The zero-order valence-corrected chi connectivity index (χ0v) is 6.21. The predicted molar refractivity (Wildman–Crippen MR) is 38.3 cm³/mol. The first-order valence-corrected chi connectivity index (χ1v) is 3.38. The molecule has 0 radical (unpaired) electrons. The maximum Gasteiger partial charge on any atom is 0.304 e. The third-order valence-electron chi connectivity index (χ3n) is 1.12. The molecule has 4 nitrogen and oxygen atoms in total. The van der Waals surface area contributed by atoms with E-state index in [4.69, 9.17) is 10.9 Å². The van der Waals surface area contributed by atoms with E-state index >= 15 is 0 Å². The molecular weight excluding hydrogens is 132 g/mol.